The minimum Gasteiger partial charge on any atom is -0.396 e. The normalized spacial score (nSPS) is 18.1. The largest absolute Gasteiger partial charge is 0.396 e. The van der Waals surface area contributed by atoms with Crippen LogP contribution < -0.4 is 5.32 Å². The summed E-state index contributed by atoms with van der Waals surface area (Å²) in [6, 6.07) is 4.20. The number of pyridine rings is 1. The number of hydrogen-bond acceptors (Lipinski definition) is 3. The van der Waals surface area contributed by atoms with E-state index in [1.807, 2.05) is 40.8 Å². The third-order valence-corrected chi connectivity index (χ3v) is 4.74. The van der Waals surface area contributed by atoms with Crippen LogP contribution in [0.1, 0.15) is 36.9 Å². The number of likely N-dealkylation sites (tertiary alicyclic amines) is 1. The van der Waals surface area contributed by atoms with Gasteiger partial charge in [-0.15, -0.1) is 0 Å². The van der Waals surface area contributed by atoms with E-state index in [1.54, 1.807) is 0 Å². The van der Waals surface area contributed by atoms with Crippen LogP contribution in [0, 0.1) is 6.92 Å². The molecule has 0 aromatic carbocycles. The Balaban J connectivity index is 1.54. The lowest BCUT2D eigenvalue weighted by molar-refractivity contribution is 0.132. The van der Waals surface area contributed by atoms with Crippen molar-refractivity contribution in [1.29, 1.82) is 0 Å². The Labute approximate surface area is 142 Å². The molecule has 6 nitrogen and oxygen atoms in total. The fourth-order valence-corrected chi connectivity index (χ4v) is 3.44. The van der Waals surface area contributed by atoms with Gasteiger partial charge in [0.25, 0.3) is 0 Å². The van der Waals surface area contributed by atoms with E-state index in [9.17, 15) is 4.79 Å². The molecule has 1 fully saturated rings. The SMILES string of the molecule is Cc1cccn2cc(CCNC(=O)N3CCCCC3CCO)nc12. The molecule has 2 aromatic heterocycles. The molecule has 1 atom stereocenters. The summed E-state index contributed by atoms with van der Waals surface area (Å²) < 4.78 is 2.02. The smallest absolute Gasteiger partial charge is 0.317 e. The van der Waals surface area contributed by atoms with Crippen LogP contribution in [0.5, 0.6) is 0 Å². The van der Waals surface area contributed by atoms with Gasteiger partial charge in [0.05, 0.1) is 5.69 Å². The van der Waals surface area contributed by atoms with Gasteiger partial charge in [0.2, 0.25) is 0 Å². The molecule has 0 radical (unpaired) electrons. The molecule has 1 aliphatic rings. The van der Waals surface area contributed by atoms with Crippen LogP contribution in [0.2, 0.25) is 0 Å². The van der Waals surface area contributed by atoms with E-state index in [4.69, 9.17) is 5.11 Å². The number of urea groups is 1. The zero-order valence-electron chi connectivity index (χ0n) is 14.2. The third kappa shape index (κ3) is 3.70. The number of carbonyl (C=O) groups is 1. The molecule has 2 aromatic rings. The maximum atomic E-state index is 12.4. The average Bonchev–Trinajstić information content (AvgIpc) is 3.00. The number of rotatable bonds is 5. The number of amides is 2. The standard InChI is InChI=1S/C18H26N4O2/c1-14-5-4-10-21-13-15(20-17(14)21)7-9-19-18(24)22-11-3-2-6-16(22)8-12-23/h4-5,10,13,16,23H,2-3,6-9,11-12H2,1H3,(H,19,24). The molecule has 1 unspecified atom stereocenters. The summed E-state index contributed by atoms with van der Waals surface area (Å²) in [5.74, 6) is 0. The number of hydrogen-bond donors (Lipinski definition) is 2. The first-order valence-corrected chi connectivity index (χ1v) is 8.77. The monoisotopic (exact) mass is 330 g/mol. The minimum absolute atomic E-state index is 0.0203. The van der Waals surface area contributed by atoms with Crippen LogP contribution in [0.25, 0.3) is 5.65 Å². The third-order valence-electron chi connectivity index (χ3n) is 4.74. The molecule has 130 valence electrons. The first-order valence-electron chi connectivity index (χ1n) is 8.77. The summed E-state index contributed by atoms with van der Waals surface area (Å²) >= 11 is 0. The van der Waals surface area contributed by atoms with Gasteiger partial charge in [0.15, 0.2) is 0 Å². The van der Waals surface area contributed by atoms with E-state index in [1.165, 1.54) is 0 Å². The molecule has 3 rings (SSSR count). The lowest BCUT2D eigenvalue weighted by Gasteiger charge is -2.35. The lowest BCUT2D eigenvalue weighted by atomic mass is 10.0. The topological polar surface area (TPSA) is 69.9 Å². The van der Waals surface area contributed by atoms with Crippen molar-refractivity contribution in [2.45, 2.75) is 45.1 Å². The molecule has 1 aliphatic heterocycles. The second kappa shape index (κ2) is 7.66. The van der Waals surface area contributed by atoms with Crippen molar-refractivity contribution < 1.29 is 9.90 Å². The molecular formula is C18H26N4O2. The number of aliphatic hydroxyl groups is 1. The van der Waals surface area contributed by atoms with E-state index in [0.29, 0.717) is 19.4 Å². The molecule has 0 saturated carbocycles. The fraction of sp³-hybridized carbons (Fsp3) is 0.556. The second-order valence-corrected chi connectivity index (χ2v) is 6.49. The Morgan fingerprint density at radius 1 is 1.46 bits per heavy atom. The number of aromatic nitrogens is 2. The van der Waals surface area contributed by atoms with E-state index >= 15 is 0 Å². The molecule has 0 bridgehead atoms. The van der Waals surface area contributed by atoms with Gasteiger partial charge in [-0.1, -0.05) is 6.07 Å². The number of aryl methyl sites for hydroxylation is 1. The van der Waals surface area contributed by atoms with E-state index < -0.39 is 0 Å². The summed E-state index contributed by atoms with van der Waals surface area (Å²) in [6.45, 7) is 3.54. The average molecular weight is 330 g/mol. The van der Waals surface area contributed by atoms with Gasteiger partial charge in [-0.05, 0) is 44.2 Å². The maximum absolute atomic E-state index is 12.4. The van der Waals surface area contributed by atoms with Crippen LogP contribution in [0.3, 0.4) is 0 Å². The number of fused-ring (bicyclic) bond motifs is 1. The predicted molar refractivity (Wildman–Crippen MR) is 93.1 cm³/mol. The highest BCUT2D eigenvalue weighted by Crippen LogP contribution is 2.19. The van der Waals surface area contributed by atoms with Crippen LogP contribution in [-0.4, -0.2) is 51.2 Å². The molecule has 1 saturated heterocycles. The molecular weight excluding hydrogens is 304 g/mol. The molecule has 0 aliphatic carbocycles. The van der Waals surface area contributed by atoms with Crippen molar-refractivity contribution in [2.24, 2.45) is 0 Å². The number of imidazole rings is 1. The molecule has 2 amide bonds. The van der Waals surface area contributed by atoms with Crippen molar-refractivity contribution in [3.63, 3.8) is 0 Å². The molecule has 24 heavy (non-hydrogen) atoms. The molecule has 3 heterocycles. The van der Waals surface area contributed by atoms with Crippen LogP contribution in [0.15, 0.2) is 24.5 Å². The van der Waals surface area contributed by atoms with E-state index in [-0.39, 0.29) is 18.7 Å². The summed E-state index contributed by atoms with van der Waals surface area (Å²) in [4.78, 5) is 18.9. The number of aliphatic hydroxyl groups excluding tert-OH is 1. The van der Waals surface area contributed by atoms with E-state index in [2.05, 4.69) is 10.3 Å². The van der Waals surface area contributed by atoms with Gasteiger partial charge >= 0.3 is 6.03 Å². The summed E-state index contributed by atoms with van der Waals surface area (Å²) in [5.41, 5.74) is 3.10. The highest BCUT2D eigenvalue weighted by atomic mass is 16.3. The Kier molecular flexibility index (Phi) is 5.35. The quantitative estimate of drug-likeness (QED) is 0.882. The highest BCUT2D eigenvalue weighted by Gasteiger charge is 2.25. The zero-order valence-corrected chi connectivity index (χ0v) is 14.2. The van der Waals surface area contributed by atoms with Crippen molar-refractivity contribution in [3.05, 3.63) is 35.8 Å². The lowest BCUT2D eigenvalue weighted by Crippen LogP contribution is -2.49. The van der Waals surface area contributed by atoms with Crippen molar-refractivity contribution in [2.75, 3.05) is 19.7 Å². The molecule has 0 spiro atoms. The summed E-state index contributed by atoms with van der Waals surface area (Å²) in [5, 5.41) is 12.2. The van der Waals surface area contributed by atoms with E-state index in [0.717, 1.165) is 42.7 Å². The van der Waals surface area contributed by atoms with Gasteiger partial charge < -0.3 is 19.7 Å². The Morgan fingerprint density at radius 2 is 2.33 bits per heavy atom. The van der Waals surface area contributed by atoms with Gasteiger partial charge in [-0.2, -0.15) is 0 Å². The predicted octanol–water partition coefficient (Wildman–Crippen LogP) is 2.13. The van der Waals surface area contributed by atoms with Gasteiger partial charge in [-0.3, -0.25) is 0 Å². The minimum atomic E-state index is -0.0203. The highest BCUT2D eigenvalue weighted by molar-refractivity contribution is 5.74. The first-order chi connectivity index (χ1) is 11.7. The maximum Gasteiger partial charge on any atom is 0.317 e. The van der Waals surface area contributed by atoms with Crippen LogP contribution in [-0.2, 0) is 6.42 Å². The Morgan fingerprint density at radius 3 is 3.12 bits per heavy atom. The Hall–Kier alpha value is -2.08. The molecule has 6 heteroatoms. The fourth-order valence-electron chi connectivity index (χ4n) is 3.44. The van der Waals surface area contributed by atoms with Crippen molar-refractivity contribution in [3.8, 4) is 0 Å². The summed E-state index contributed by atoms with van der Waals surface area (Å²) in [7, 11) is 0. The van der Waals surface area contributed by atoms with Crippen molar-refractivity contribution >= 4 is 11.7 Å². The zero-order chi connectivity index (χ0) is 16.9. The van der Waals surface area contributed by atoms with Gasteiger partial charge in [-0.25, -0.2) is 9.78 Å². The summed E-state index contributed by atoms with van der Waals surface area (Å²) in [6.07, 6.45) is 8.55. The molecule has 2 N–H and O–H groups in total. The number of carbonyl (C=O) groups excluding carboxylic acids is 1. The van der Waals surface area contributed by atoms with Gasteiger partial charge in [0, 0.05) is 44.6 Å². The Bertz CT molecular complexity index is 695. The number of piperidine rings is 1. The van der Waals surface area contributed by atoms with Crippen LogP contribution in [0.4, 0.5) is 4.79 Å². The number of nitrogens with zero attached hydrogens (tertiary/aromatic N) is 3. The van der Waals surface area contributed by atoms with Crippen LogP contribution >= 0.6 is 0 Å². The number of nitrogens with one attached hydrogen (secondary N) is 1. The van der Waals surface area contributed by atoms with Gasteiger partial charge in [0.1, 0.15) is 5.65 Å². The first kappa shape index (κ1) is 16.8. The second-order valence-electron chi connectivity index (χ2n) is 6.49. The van der Waals surface area contributed by atoms with Crippen molar-refractivity contribution in [1.82, 2.24) is 19.6 Å².